The molecular weight excluding hydrogens is 204 g/mol. The second-order valence-electron chi connectivity index (χ2n) is 3.76. The van der Waals surface area contributed by atoms with E-state index in [-0.39, 0.29) is 17.5 Å². The molecule has 0 aliphatic carbocycles. The molecule has 0 aromatic carbocycles. The third-order valence-electron chi connectivity index (χ3n) is 2.32. The van der Waals surface area contributed by atoms with Gasteiger partial charge in [-0.3, -0.25) is 4.79 Å². The molecule has 0 spiro atoms. The highest BCUT2D eigenvalue weighted by Gasteiger charge is 2.22. The summed E-state index contributed by atoms with van der Waals surface area (Å²) in [5.74, 6) is 0.257. The summed E-state index contributed by atoms with van der Waals surface area (Å²) in [6.07, 6.45) is 2.78. The Morgan fingerprint density at radius 2 is 2.21 bits per heavy atom. The molecule has 1 fully saturated rings. The highest BCUT2D eigenvalue weighted by molar-refractivity contribution is 7.90. The van der Waals surface area contributed by atoms with Gasteiger partial charge in [-0.25, -0.2) is 8.42 Å². The second-order valence-corrected chi connectivity index (χ2v) is 6.02. The SMILES string of the molecule is CS(=O)(=O)CCCC(=O)C1CCOC1. The molecule has 0 N–H and O–H groups in total. The molecule has 0 bridgehead atoms. The fraction of sp³-hybridized carbons (Fsp3) is 0.889. The minimum Gasteiger partial charge on any atom is -0.381 e. The van der Waals surface area contributed by atoms with Crippen LogP contribution >= 0.6 is 0 Å². The molecule has 0 amide bonds. The Bertz CT molecular complexity index is 288. The first kappa shape index (κ1) is 11.7. The monoisotopic (exact) mass is 220 g/mol. The van der Waals surface area contributed by atoms with E-state index < -0.39 is 9.84 Å². The van der Waals surface area contributed by atoms with E-state index in [2.05, 4.69) is 0 Å². The van der Waals surface area contributed by atoms with Gasteiger partial charge in [-0.15, -0.1) is 0 Å². The van der Waals surface area contributed by atoms with Crippen LogP contribution in [0.25, 0.3) is 0 Å². The number of rotatable bonds is 5. The van der Waals surface area contributed by atoms with Crippen molar-refractivity contribution in [3.05, 3.63) is 0 Å². The van der Waals surface area contributed by atoms with Crippen LogP contribution in [0.2, 0.25) is 0 Å². The normalized spacial score (nSPS) is 22.5. The highest BCUT2D eigenvalue weighted by atomic mass is 32.2. The molecule has 0 saturated carbocycles. The Morgan fingerprint density at radius 3 is 2.71 bits per heavy atom. The molecule has 1 heterocycles. The van der Waals surface area contributed by atoms with Gasteiger partial charge in [0.1, 0.15) is 15.6 Å². The van der Waals surface area contributed by atoms with Gasteiger partial charge in [0.15, 0.2) is 0 Å². The molecule has 0 radical (unpaired) electrons. The van der Waals surface area contributed by atoms with Gasteiger partial charge in [0.25, 0.3) is 0 Å². The van der Waals surface area contributed by atoms with Crippen molar-refractivity contribution in [2.75, 3.05) is 25.2 Å². The van der Waals surface area contributed by atoms with Gasteiger partial charge in [0, 0.05) is 25.2 Å². The summed E-state index contributed by atoms with van der Waals surface area (Å²) in [4.78, 5) is 11.5. The minimum absolute atomic E-state index is 0.00885. The molecule has 1 aliphatic heterocycles. The van der Waals surface area contributed by atoms with Crippen molar-refractivity contribution in [3.8, 4) is 0 Å². The fourth-order valence-corrected chi connectivity index (χ4v) is 2.17. The first-order valence-corrected chi connectivity index (χ1v) is 6.83. The number of hydrogen-bond donors (Lipinski definition) is 0. The minimum atomic E-state index is -2.93. The van der Waals surface area contributed by atoms with Crippen molar-refractivity contribution in [3.63, 3.8) is 0 Å². The lowest BCUT2D eigenvalue weighted by atomic mass is 10.0. The Hall–Kier alpha value is -0.420. The van der Waals surface area contributed by atoms with E-state index in [1.54, 1.807) is 0 Å². The third kappa shape index (κ3) is 4.19. The summed E-state index contributed by atoms with van der Waals surface area (Å²) in [7, 11) is -2.93. The Morgan fingerprint density at radius 1 is 1.50 bits per heavy atom. The van der Waals surface area contributed by atoms with Gasteiger partial charge in [-0.2, -0.15) is 0 Å². The zero-order chi connectivity index (χ0) is 10.6. The molecule has 0 aromatic heterocycles. The second kappa shape index (κ2) is 4.89. The molecule has 4 nitrogen and oxygen atoms in total. The van der Waals surface area contributed by atoms with E-state index in [4.69, 9.17) is 4.74 Å². The van der Waals surface area contributed by atoms with Crippen molar-refractivity contribution in [2.45, 2.75) is 19.3 Å². The predicted octanol–water partition coefficient (Wildman–Crippen LogP) is 0.417. The maximum atomic E-state index is 11.5. The predicted molar refractivity (Wildman–Crippen MR) is 52.9 cm³/mol. The summed E-state index contributed by atoms with van der Waals surface area (Å²) in [5, 5.41) is 0. The number of carbonyl (C=O) groups is 1. The maximum Gasteiger partial charge on any atom is 0.147 e. The Labute approximate surface area is 84.6 Å². The van der Waals surface area contributed by atoms with Gasteiger partial charge in [-0.1, -0.05) is 0 Å². The van der Waals surface area contributed by atoms with E-state index >= 15 is 0 Å². The lowest BCUT2D eigenvalue weighted by molar-refractivity contribution is -0.122. The van der Waals surface area contributed by atoms with Crippen molar-refractivity contribution >= 4 is 15.6 Å². The van der Waals surface area contributed by atoms with E-state index in [0.717, 1.165) is 6.42 Å². The molecule has 82 valence electrons. The first-order chi connectivity index (χ1) is 6.49. The van der Waals surface area contributed by atoms with Gasteiger partial charge >= 0.3 is 0 Å². The molecular formula is C9H16O4S. The molecule has 5 heteroatoms. The topological polar surface area (TPSA) is 60.4 Å². The standard InChI is InChI=1S/C9H16O4S/c1-14(11,12)6-2-3-9(10)8-4-5-13-7-8/h8H,2-7H2,1H3. The van der Waals surface area contributed by atoms with E-state index in [1.165, 1.54) is 6.26 Å². The van der Waals surface area contributed by atoms with Crippen LogP contribution in [0, 0.1) is 5.92 Å². The van der Waals surface area contributed by atoms with Crippen molar-refractivity contribution < 1.29 is 17.9 Å². The summed E-state index contributed by atoms with van der Waals surface area (Å²) < 4.78 is 26.7. The van der Waals surface area contributed by atoms with Gasteiger partial charge in [0.2, 0.25) is 0 Å². The van der Waals surface area contributed by atoms with Crippen LogP contribution in [0.5, 0.6) is 0 Å². The van der Waals surface area contributed by atoms with Crippen LogP contribution < -0.4 is 0 Å². The van der Waals surface area contributed by atoms with Crippen molar-refractivity contribution in [1.29, 1.82) is 0 Å². The van der Waals surface area contributed by atoms with Crippen molar-refractivity contribution in [2.24, 2.45) is 5.92 Å². The van der Waals surface area contributed by atoms with E-state index in [0.29, 0.717) is 26.1 Å². The number of ketones is 1. The molecule has 1 rings (SSSR count). The average molecular weight is 220 g/mol. The van der Waals surface area contributed by atoms with Crippen LogP contribution in [0.15, 0.2) is 0 Å². The lowest BCUT2D eigenvalue weighted by Gasteiger charge is -2.05. The Kier molecular flexibility index (Phi) is 4.07. The quantitative estimate of drug-likeness (QED) is 0.673. The molecule has 14 heavy (non-hydrogen) atoms. The van der Waals surface area contributed by atoms with Crippen LogP contribution in [0.1, 0.15) is 19.3 Å². The largest absolute Gasteiger partial charge is 0.381 e. The summed E-state index contributed by atoms with van der Waals surface area (Å²) in [5.41, 5.74) is 0. The Balaban J connectivity index is 2.21. The summed E-state index contributed by atoms with van der Waals surface area (Å²) in [6.45, 7) is 1.17. The number of ether oxygens (including phenoxy) is 1. The molecule has 1 atom stereocenters. The zero-order valence-electron chi connectivity index (χ0n) is 8.36. The van der Waals surface area contributed by atoms with E-state index in [9.17, 15) is 13.2 Å². The van der Waals surface area contributed by atoms with Crippen LogP contribution in [0.4, 0.5) is 0 Å². The summed E-state index contributed by atoms with van der Waals surface area (Å²) in [6, 6.07) is 0. The smallest absolute Gasteiger partial charge is 0.147 e. The van der Waals surface area contributed by atoms with Gasteiger partial charge in [0.05, 0.1) is 12.4 Å². The van der Waals surface area contributed by atoms with E-state index in [1.807, 2.05) is 0 Å². The number of Topliss-reactive ketones (excluding diaryl/α,β-unsaturated/α-hetero) is 1. The summed E-state index contributed by atoms with van der Waals surface area (Å²) >= 11 is 0. The third-order valence-corrected chi connectivity index (χ3v) is 3.35. The first-order valence-electron chi connectivity index (χ1n) is 4.77. The van der Waals surface area contributed by atoms with Crippen LogP contribution in [-0.2, 0) is 19.4 Å². The molecule has 1 saturated heterocycles. The number of carbonyl (C=O) groups excluding carboxylic acids is 1. The fourth-order valence-electron chi connectivity index (χ4n) is 1.50. The molecule has 1 aliphatic rings. The van der Waals surface area contributed by atoms with Crippen LogP contribution in [-0.4, -0.2) is 39.4 Å². The lowest BCUT2D eigenvalue weighted by Crippen LogP contribution is -2.15. The number of hydrogen-bond acceptors (Lipinski definition) is 4. The number of sulfone groups is 1. The molecule has 0 aromatic rings. The molecule has 1 unspecified atom stereocenters. The van der Waals surface area contributed by atoms with Crippen molar-refractivity contribution in [1.82, 2.24) is 0 Å². The average Bonchev–Trinajstić information content (AvgIpc) is 2.53. The van der Waals surface area contributed by atoms with Gasteiger partial charge < -0.3 is 4.74 Å². The maximum absolute atomic E-state index is 11.5. The highest BCUT2D eigenvalue weighted by Crippen LogP contribution is 2.15. The van der Waals surface area contributed by atoms with Crippen LogP contribution in [0.3, 0.4) is 0 Å². The zero-order valence-corrected chi connectivity index (χ0v) is 9.18. The van der Waals surface area contributed by atoms with Gasteiger partial charge in [-0.05, 0) is 12.8 Å².